The van der Waals surface area contributed by atoms with Gasteiger partial charge in [0.1, 0.15) is 5.01 Å². The second-order valence-electron chi connectivity index (χ2n) is 5.92. The van der Waals surface area contributed by atoms with E-state index in [0.717, 1.165) is 14.9 Å². The van der Waals surface area contributed by atoms with Crippen LogP contribution in [0.1, 0.15) is 5.69 Å². The number of anilines is 1. The van der Waals surface area contributed by atoms with Gasteiger partial charge in [-0.15, -0.1) is 11.3 Å². The van der Waals surface area contributed by atoms with Crippen molar-refractivity contribution in [1.82, 2.24) is 14.3 Å². The van der Waals surface area contributed by atoms with Gasteiger partial charge in [0.05, 0.1) is 17.0 Å². The Morgan fingerprint density at radius 2 is 1.93 bits per heavy atom. The van der Waals surface area contributed by atoms with E-state index in [2.05, 4.69) is 15.3 Å². The average Bonchev–Trinajstić information content (AvgIpc) is 3.11. The van der Waals surface area contributed by atoms with E-state index in [-0.39, 0.29) is 17.2 Å². The Hall–Kier alpha value is -2.62. The first kappa shape index (κ1) is 19.2. The number of benzene rings is 1. The molecule has 0 bridgehead atoms. The van der Waals surface area contributed by atoms with Crippen LogP contribution in [0.4, 0.5) is 5.69 Å². The summed E-state index contributed by atoms with van der Waals surface area (Å²) in [5, 5.41) is 5.40. The predicted octanol–water partition coefficient (Wildman–Crippen LogP) is 2.64. The minimum atomic E-state index is -3.49. The lowest BCUT2D eigenvalue weighted by Crippen LogP contribution is -2.22. The van der Waals surface area contributed by atoms with Gasteiger partial charge in [0, 0.05) is 43.1 Å². The van der Waals surface area contributed by atoms with E-state index in [4.69, 9.17) is 0 Å². The number of pyridine rings is 1. The monoisotopic (exact) mass is 402 g/mol. The highest BCUT2D eigenvalue weighted by atomic mass is 32.2. The van der Waals surface area contributed by atoms with Gasteiger partial charge in [-0.05, 0) is 36.4 Å². The highest BCUT2D eigenvalue weighted by molar-refractivity contribution is 7.89. The number of carbonyl (C=O) groups excluding carboxylic acids is 1. The summed E-state index contributed by atoms with van der Waals surface area (Å²) in [4.78, 5) is 20.9. The second-order valence-corrected chi connectivity index (χ2v) is 8.93. The number of hydrogen-bond donors (Lipinski definition) is 1. The molecular weight excluding hydrogens is 384 g/mol. The number of nitrogens with one attached hydrogen (secondary N) is 1. The maximum Gasteiger partial charge on any atom is 0.242 e. The molecule has 3 rings (SSSR count). The maximum atomic E-state index is 12.2. The summed E-state index contributed by atoms with van der Waals surface area (Å²) in [6.07, 6.45) is 3.56. The Morgan fingerprint density at radius 3 is 2.56 bits per heavy atom. The molecule has 1 amide bonds. The lowest BCUT2D eigenvalue weighted by molar-refractivity contribution is -0.115. The van der Waals surface area contributed by atoms with E-state index in [0.29, 0.717) is 11.4 Å². The summed E-state index contributed by atoms with van der Waals surface area (Å²) in [7, 11) is -0.546. The van der Waals surface area contributed by atoms with Crippen LogP contribution >= 0.6 is 11.3 Å². The Labute approximate surface area is 161 Å². The fraction of sp³-hybridized carbons (Fsp3) is 0.167. The molecule has 1 N–H and O–H groups in total. The molecular formula is C18H18N4O3S2. The molecule has 0 aliphatic rings. The summed E-state index contributed by atoms with van der Waals surface area (Å²) in [6, 6.07) is 9.82. The standard InChI is InChI=1S/C18H18N4O3S2/c1-22(2)27(24,25)16-7-5-14(6-8-16)20-17(23)10-15-12-26-18(21-15)13-4-3-9-19-11-13/h3-9,11-12H,10H2,1-2H3,(H,20,23). The number of carbonyl (C=O) groups is 1. The number of nitrogens with zero attached hydrogens (tertiary/aromatic N) is 3. The van der Waals surface area contributed by atoms with Crippen molar-refractivity contribution in [1.29, 1.82) is 0 Å². The van der Waals surface area contributed by atoms with Crippen LogP contribution in [-0.2, 0) is 21.2 Å². The lowest BCUT2D eigenvalue weighted by Gasteiger charge is -2.11. The van der Waals surface area contributed by atoms with Gasteiger partial charge in [0.15, 0.2) is 0 Å². The van der Waals surface area contributed by atoms with Crippen LogP contribution < -0.4 is 5.32 Å². The normalized spacial score (nSPS) is 11.5. The Balaban J connectivity index is 1.64. The van der Waals surface area contributed by atoms with Crippen LogP contribution in [0.2, 0.25) is 0 Å². The van der Waals surface area contributed by atoms with Crippen LogP contribution in [0.5, 0.6) is 0 Å². The molecule has 0 unspecified atom stereocenters. The number of rotatable bonds is 6. The fourth-order valence-corrected chi connectivity index (χ4v) is 4.01. The van der Waals surface area contributed by atoms with Crippen molar-refractivity contribution in [2.24, 2.45) is 0 Å². The molecule has 27 heavy (non-hydrogen) atoms. The molecule has 0 radical (unpaired) electrons. The maximum absolute atomic E-state index is 12.2. The zero-order valence-electron chi connectivity index (χ0n) is 14.8. The Kier molecular flexibility index (Phi) is 5.64. The van der Waals surface area contributed by atoms with Crippen LogP contribution in [-0.4, -0.2) is 42.7 Å². The van der Waals surface area contributed by atoms with Gasteiger partial charge in [-0.3, -0.25) is 9.78 Å². The van der Waals surface area contributed by atoms with Crippen molar-refractivity contribution in [2.75, 3.05) is 19.4 Å². The quantitative estimate of drug-likeness (QED) is 0.684. The van der Waals surface area contributed by atoms with E-state index in [9.17, 15) is 13.2 Å². The van der Waals surface area contributed by atoms with Crippen molar-refractivity contribution in [3.05, 3.63) is 59.9 Å². The molecule has 0 aliphatic carbocycles. The second kappa shape index (κ2) is 7.95. The third kappa shape index (κ3) is 4.57. The SMILES string of the molecule is CN(C)S(=O)(=O)c1ccc(NC(=O)Cc2csc(-c3cccnc3)n2)cc1. The summed E-state index contributed by atoms with van der Waals surface area (Å²) >= 11 is 1.46. The van der Waals surface area contributed by atoms with E-state index in [1.54, 1.807) is 24.5 Å². The zero-order valence-corrected chi connectivity index (χ0v) is 16.4. The zero-order chi connectivity index (χ0) is 19.4. The van der Waals surface area contributed by atoms with Crippen molar-refractivity contribution < 1.29 is 13.2 Å². The first-order valence-electron chi connectivity index (χ1n) is 8.03. The minimum absolute atomic E-state index is 0.133. The van der Waals surface area contributed by atoms with Crippen molar-refractivity contribution in [3.8, 4) is 10.6 Å². The third-order valence-electron chi connectivity index (χ3n) is 3.72. The molecule has 1 aromatic carbocycles. The van der Waals surface area contributed by atoms with Crippen LogP contribution in [0.3, 0.4) is 0 Å². The van der Waals surface area contributed by atoms with Crippen molar-refractivity contribution >= 4 is 33.0 Å². The molecule has 0 saturated heterocycles. The summed E-state index contributed by atoms with van der Waals surface area (Å²) < 4.78 is 25.2. The average molecular weight is 403 g/mol. The molecule has 140 valence electrons. The highest BCUT2D eigenvalue weighted by Crippen LogP contribution is 2.23. The molecule has 0 atom stereocenters. The minimum Gasteiger partial charge on any atom is -0.326 e. The summed E-state index contributed by atoms with van der Waals surface area (Å²) in [5.41, 5.74) is 2.11. The third-order valence-corrected chi connectivity index (χ3v) is 6.49. The number of aromatic nitrogens is 2. The van der Waals surface area contributed by atoms with Gasteiger partial charge >= 0.3 is 0 Å². The largest absolute Gasteiger partial charge is 0.326 e. The first-order chi connectivity index (χ1) is 12.9. The molecule has 0 aliphatic heterocycles. The first-order valence-corrected chi connectivity index (χ1v) is 10.4. The predicted molar refractivity (Wildman–Crippen MR) is 105 cm³/mol. The number of sulfonamides is 1. The van der Waals surface area contributed by atoms with E-state index < -0.39 is 10.0 Å². The molecule has 0 saturated carbocycles. The van der Waals surface area contributed by atoms with Gasteiger partial charge in [-0.25, -0.2) is 17.7 Å². The van der Waals surface area contributed by atoms with Gasteiger partial charge < -0.3 is 5.32 Å². The smallest absolute Gasteiger partial charge is 0.242 e. The van der Waals surface area contributed by atoms with Gasteiger partial charge in [-0.2, -0.15) is 0 Å². The number of thiazole rings is 1. The van der Waals surface area contributed by atoms with Gasteiger partial charge in [-0.1, -0.05) is 0 Å². The molecule has 2 aromatic heterocycles. The van der Waals surface area contributed by atoms with Crippen LogP contribution in [0, 0.1) is 0 Å². The van der Waals surface area contributed by atoms with Crippen molar-refractivity contribution in [3.63, 3.8) is 0 Å². The molecule has 2 heterocycles. The molecule has 9 heteroatoms. The number of amides is 1. The Morgan fingerprint density at radius 1 is 1.19 bits per heavy atom. The lowest BCUT2D eigenvalue weighted by atomic mass is 10.2. The number of hydrogen-bond acceptors (Lipinski definition) is 6. The highest BCUT2D eigenvalue weighted by Gasteiger charge is 2.17. The topological polar surface area (TPSA) is 92.3 Å². The van der Waals surface area contributed by atoms with Gasteiger partial charge in [0.2, 0.25) is 15.9 Å². The van der Waals surface area contributed by atoms with Crippen molar-refractivity contribution in [2.45, 2.75) is 11.3 Å². The molecule has 0 spiro atoms. The summed E-state index contributed by atoms with van der Waals surface area (Å²) in [5.74, 6) is -0.221. The molecule has 3 aromatic rings. The molecule has 0 fully saturated rings. The summed E-state index contributed by atoms with van der Waals surface area (Å²) in [6.45, 7) is 0. The fourth-order valence-electron chi connectivity index (χ4n) is 2.30. The van der Waals surface area contributed by atoms with Crippen LogP contribution in [0.15, 0.2) is 59.1 Å². The van der Waals surface area contributed by atoms with Crippen LogP contribution in [0.25, 0.3) is 10.6 Å². The molecule has 7 nitrogen and oxygen atoms in total. The van der Waals surface area contributed by atoms with E-state index in [1.807, 2.05) is 17.5 Å². The van der Waals surface area contributed by atoms with E-state index >= 15 is 0 Å². The van der Waals surface area contributed by atoms with Gasteiger partial charge in [0.25, 0.3) is 0 Å². The van der Waals surface area contributed by atoms with E-state index in [1.165, 1.54) is 37.6 Å². The Bertz CT molecular complexity index is 1030.